The summed E-state index contributed by atoms with van der Waals surface area (Å²) in [6.07, 6.45) is 3.39. The number of amides is 1. The average molecular weight is 465 g/mol. The highest BCUT2D eigenvalue weighted by Gasteiger charge is 2.15. The van der Waals surface area contributed by atoms with Gasteiger partial charge in [0.1, 0.15) is 22.5 Å². The molecular weight excluding hydrogens is 440 g/mol. The van der Waals surface area contributed by atoms with E-state index >= 15 is 0 Å². The number of aromatic nitrogens is 3. The fourth-order valence-corrected chi connectivity index (χ4v) is 3.66. The molecule has 33 heavy (non-hydrogen) atoms. The number of nitrogens with one attached hydrogen (secondary N) is 1. The van der Waals surface area contributed by atoms with Crippen LogP contribution in [0.1, 0.15) is 35.7 Å². The van der Waals surface area contributed by atoms with Crippen molar-refractivity contribution in [3.63, 3.8) is 0 Å². The number of hydrogen-bond acceptors (Lipinski definition) is 5. The van der Waals surface area contributed by atoms with Crippen LogP contribution < -0.4 is 14.8 Å². The predicted octanol–water partition coefficient (Wildman–Crippen LogP) is 5.69. The van der Waals surface area contributed by atoms with Crippen LogP contribution in [0.25, 0.3) is 16.7 Å². The molecule has 0 saturated carbocycles. The second-order valence-electron chi connectivity index (χ2n) is 7.64. The third-order valence-corrected chi connectivity index (χ3v) is 5.63. The number of halogens is 1. The van der Waals surface area contributed by atoms with Crippen molar-refractivity contribution in [3.05, 3.63) is 70.7 Å². The predicted molar refractivity (Wildman–Crippen MR) is 130 cm³/mol. The van der Waals surface area contributed by atoms with Gasteiger partial charge in [-0.2, -0.15) is 4.80 Å². The van der Waals surface area contributed by atoms with Crippen molar-refractivity contribution < 1.29 is 14.3 Å². The maximum Gasteiger partial charge on any atom is 0.255 e. The Morgan fingerprint density at radius 2 is 1.61 bits per heavy atom. The molecule has 1 aromatic heterocycles. The maximum absolute atomic E-state index is 12.9. The highest BCUT2D eigenvalue weighted by molar-refractivity contribution is 6.34. The molecule has 0 aliphatic heterocycles. The number of hydrogen-bond donors (Lipinski definition) is 1. The molecule has 3 aromatic carbocycles. The molecule has 1 amide bonds. The zero-order valence-corrected chi connectivity index (χ0v) is 19.5. The van der Waals surface area contributed by atoms with Crippen molar-refractivity contribution in [2.75, 3.05) is 19.5 Å². The Balaban J connectivity index is 1.58. The average Bonchev–Trinajstić information content (AvgIpc) is 3.25. The Morgan fingerprint density at radius 1 is 0.970 bits per heavy atom. The van der Waals surface area contributed by atoms with Gasteiger partial charge in [-0.3, -0.25) is 4.79 Å². The lowest BCUT2D eigenvalue weighted by molar-refractivity contribution is 0.102. The second kappa shape index (κ2) is 9.92. The number of anilines is 1. The number of ether oxygens (including phenoxy) is 2. The Bertz CT molecular complexity index is 1260. The first kappa shape index (κ1) is 22.6. The lowest BCUT2D eigenvalue weighted by Crippen LogP contribution is -2.12. The van der Waals surface area contributed by atoms with Gasteiger partial charge in [0.2, 0.25) is 0 Å². The monoisotopic (exact) mass is 464 g/mol. The van der Waals surface area contributed by atoms with E-state index in [0.29, 0.717) is 38.8 Å². The number of carbonyl (C=O) groups excluding carboxylic acids is 1. The fraction of sp³-hybridized carbons (Fsp3) is 0.240. The van der Waals surface area contributed by atoms with Gasteiger partial charge in [-0.1, -0.05) is 37.1 Å². The highest BCUT2D eigenvalue weighted by atomic mass is 35.5. The Hall–Kier alpha value is -3.58. The molecule has 4 aromatic rings. The Morgan fingerprint density at radius 3 is 2.21 bits per heavy atom. The largest absolute Gasteiger partial charge is 0.497 e. The molecule has 0 unspecified atom stereocenters. The normalized spacial score (nSPS) is 10.9. The summed E-state index contributed by atoms with van der Waals surface area (Å²) in [6, 6.07) is 16.6. The van der Waals surface area contributed by atoms with Crippen LogP contribution in [0.3, 0.4) is 0 Å². The molecule has 1 heterocycles. The van der Waals surface area contributed by atoms with Crippen LogP contribution in [0.5, 0.6) is 11.5 Å². The number of fused-ring (bicyclic) bond motifs is 1. The fourth-order valence-electron chi connectivity index (χ4n) is 3.46. The minimum absolute atomic E-state index is 0.344. The van der Waals surface area contributed by atoms with Gasteiger partial charge in [-0.05, 0) is 54.8 Å². The molecule has 0 radical (unpaired) electrons. The van der Waals surface area contributed by atoms with E-state index in [1.54, 1.807) is 35.1 Å². The SMILES string of the molecule is CCCCc1ccc(-n2nc3cc(Cl)c(NC(=O)c4cc(OC)cc(OC)c4)cc3n2)cc1. The van der Waals surface area contributed by atoms with Crippen molar-refractivity contribution in [2.45, 2.75) is 26.2 Å². The smallest absolute Gasteiger partial charge is 0.255 e. The van der Waals surface area contributed by atoms with Gasteiger partial charge in [0.15, 0.2) is 0 Å². The topological polar surface area (TPSA) is 78.3 Å². The third kappa shape index (κ3) is 5.09. The van der Waals surface area contributed by atoms with E-state index in [9.17, 15) is 4.79 Å². The van der Waals surface area contributed by atoms with Crippen LogP contribution in [0.2, 0.25) is 5.02 Å². The molecule has 4 rings (SSSR count). The van der Waals surface area contributed by atoms with E-state index in [4.69, 9.17) is 21.1 Å². The van der Waals surface area contributed by atoms with Crippen molar-refractivity contribution in [1.82, 2.24) is 15.0 Å². The second-order valence-corrected chi connectivity index (χ2v) is 8.04. The van der Waals surface area contributed by atoms with E-state index in [2.05, 4.69) is 34.6 Å². The summed E-state index contributed by atoms with van der Waals surface area (Å²) in [6.45, 7) is 2.18. The van der Waals surface area contributed by atoms with E-state index < -0.39 is 0 Å². The van der Waals surface area contributed by atoms with E-state index in [-0.39, 0.29) is 5.91 Å². The molecule has 8 heteroatoms. The van der Waals surface area contributed by atoms with Gasteiger partial charge in [0.25, 0.3) is 5.91 Å². The Labute approximate surface area is 197 Å². The summed E-state index contributed by atoms with van der Waals surface area (Å²) in [7, 11) is 3.06. The molecule has 1 N–H and O–H groups in total. The number of benzene rings is 3. The summed E-state index contributed by atoms with van der Waals surface area (Å²) in [5.41, 5.74) is 4.23. The third-order valence-electron chi connectivity index (χ3n) is 5.32. The lowest BCUT2D eigenvalue weighted by Gasteiger charge is -2.10. The van der Waals surface area contributed by atoms with E-state index in [1.165, 1.54) is 32.6 Å². The van der Waals surface area contributed by atoms with E-state index in [0.717, 1.165) is 12.1 Å². The maximum atomic E-state index is 12.9. The first-order chi connectivity index (χ1) is 16.0. The highest BCUT2D eigenvalue weighted by Crippen LogP contribution is 2.29. The number of aryl methyl sites for hydroxylation is 1. The molecule has 0 spiro atoms. The van der Waals surface area contributed by atoms with Gasteiger partial charge in [0.05, 0.1) is 30.6 Å². The quantitative estimate of drug-likeness (QED) is 0.362. The molecule has 0 saturated heterocycles. The standard InChI is InChI=1S/C25H25ClN4O3/c1-4-5-6-16-7-9-18(10-8-16)30-28-23-14-21(26)22(15-24(23)29-30)27-25(31)17-11-19(32-2)13-20(12-17)33-3/h7-15H,4-6H2,1-3H3,(H,27,31). The molecule has 7 nitrogen and oxygen atoms in total. The molecule has 0 aliphatic carbocycles. The first-order valence-corrected chi connectivity index (χ1v) is 11.1. The van der Waals surface area contributed by atoms with Crippen LogP contribution in [-0.2, 0) is 6.42 Å². The van der Waals surface area contributed by atoms with Crippen LogP contribution >= 0.6 is 11.6 Å². The number of unbranched alkanes of at least 4 members (excludes halogenated alkanes) is 1. The zero-order chi connectivity index (χ0) is 23.4. The molecule has 0 fully saturated rings. The van der Waals surface area contributed by atoms with Crippen molar-refractivity contribution in [3.8, 4) is 17.2 Å². The molecule has 0 aliphatic rings. The molecule has 0 atom stereocenters. The van der Waals surface area contributed by atoms with Crippen LogP contribution in [0.15, 0.2) is 54.6 Å². The molecule has 0 bridgehead atoms. The van der Waals surface area contributed by atoms with E-state index in [1.807, 2.05) is 12.1 Å². The lowest BCUT2D eigenvalue weighted by atomic mass is 10.1. The molecule has 170 valence electrons. The van der Waals surface area contributed by atoms with Crippen molar-refractivity contribution in [1.29, 1.82) is 0 Å². The number of nitrogens with zero attached hydrogens (tertiary/aromatic N) is 3. The minimum atomic E-state index is -0.344. The summed E-state index contributed by atoms with van der Waals surface area (Å²) in [5.74, 6) is 0.693. The van der Waals surface area contributed by atoms with Gasteiger partial charge < -0.3 is 14.8 Å². The van der Waals surface area contributed by atoms with Gasteiger partial charge in [-0.15, -0.1) is 10.2 Å². The van der Waals surface area contributed by atoms with Gasteiger partial charge >= 0.3 is 0 Å². The Kier molecular flexibility index (Phi) is 6.79. The van der Waals surface area contributed by atoms with Crippen molar-refractivity contribution in [2.24, 2.45) is 0 Å². The van der Waals surface area contributed by atoms with Crippen LogP contribution in [0, 0.1) is 0 Å². The van der Waals surface area contributed by atoms with Gasteiger partial charge in [0, 0.05) is 11.6 Å². The number of rotatable bonds is 8. The number of carbonyl (C=O) groups is 1. The zero-order valence-electron chi connectivity index (χ0n) is 18.8. The number of methoxy groups -OCH3 is 2. The summed E-state index contributed by atoms with van der Waals surface area (Å²) < 4.78 is 10.5. The summed E-state index contributed by atoms with van der Waals surface area (Å²) >= 11 is 6.44. The van der Waals surface area contributed by atoms with Crippen molar-refractivity contribution >= 4 is 34.2 Å². The van der Waals surface area contributed by atoms with Crippen LogP contribution in [0.4, 0.5) is 5.69 Å². The molecular formula is C25H25ClN4O3. The summed E-state index contributed by atoms with van der Waals surface area (Å²) in [4.78, 5) is 14.4. The summed E-state index contributed by atoms with van der Waals surface area (Å²) in [5, 5.41) is 12.3. The minimum Gasteiger partial charge on any atom is -0.497 e. The van der Waals surface area contributed by atoms with Crippen LogP contribution in [-0.4, -0.2) is 35.1 Å². The first-order valence-electron chi connectivity index (χ1n) is 10.7. The van der Waals surface area contributed by atoms with Gasteiger partial charge in [-0.25, -0.2) is 0 Å².